The van der Waals surface area contributed by atoms with Gasteiger partial charge in [0.2, 0.25) is 0 Å². The number of anilines is 1. The summed E-state index contributed by atoms with van der Waals surface area (Å²) in [5.74, 6) is 1.40. The fourth-order valence-corrected chi connectivity index (χ4v) is 2.63. The van der Waals surface area contributed by atoms with Crippen molar-refractivity contribution in [1.82, 2.24) is 15.3 Å². The number of ether oxygens (including phenoxy) is 1. The first-order chi connectivity index (χ1) is 11.0. The second-order valence-electron chi connectivity index (χ2n) is 8.76. The molecule has 1 fully saturated rings. The quantitative estimate of drug-likeness (QED) is 0.917. The van der Waals surface area contributed by atoms with E-state index < -0.39 is 5.60 Å². The van der Waals surface area contributed by atoms with E-state index in [9.17, 15) is 4.79 Å². The van der Waals surface area contributed by atoms with Gasteiger partial charge >= 0.3 is 6.09 Å². The summed E-state index contributed by atoms with van der Waals surface area (Å²) in [7, 11) is 0. The number of nitrogens with zero attached hydrogens (tertiary/aromatic N) is 3. The molecule has 1 N–H and O–H groups in total. The number of rotatable bonds is 4. The van der Waals surface area contributed by atoms with Crippen molar-refractivity contribution in [1.29, 1.82) is 0 Å². The molecule has 1 aromatic rings. The third kappa shape index (κ3) is 5.98. The summed E-state index contributed by atoms with van der Waals surface area (Å²) in [5.41, 5.74) is 0.823. The maximum absolute atomic E-state index is 11.7. The van der Waals surface area contributed by atoms with Crippen molar-refractivity contribution in [3.05, 3.63) is 18.1 Å². The molecule has 0 unspecified atom stereocenters. The molecule has 1 aliphatic rings. The summed E-state index contributed by atoms with van der Waals surface area (Å²) >= 11 is 0. The predicted octanol–water partition coefficient (Wildman–Crippen LogP) is 3.03. The van der Waals surface area contributed by atoms with Crippen LogP contribution in [-0.4, -0.2) is 41.3 Å². The van der Waals surface area contributed by atoms with E-state index in [2.05, 4.69) is 47.0 Å². The molecule has 0 bridgehead atoms. The molecule has 0 aromatic carbocycles. The zero-order valence-corrected chi connectivity index (χ0v) is 15.7. The van der Waals surface area contributed by atoms with Gasteiger partial charge in [0.1, 0.15) is 17.7 Å². The van der Waals surface area contributed by atoms with Gasteiger partial charge in [-0.2, -0.15) is 0 Å². The van der Waals surface area contributed by atoms with Crippen LogP contribution in [0.1, 0.15) is 47.2 Å². The zero-order valence-electron chi connectivity index (χ0n) is 15.7. The van der Waals surface area contributed by atoms with Gasteiger partial charge in [0.05, 0.1) is 0 Å². The lowest BCUT2D eigenvalue weighted by molar-refractivity contribution is 0.0516. The molecule has 24 heavy (non-hydrogen) atoms. The van der Waals surface area contributed by atoms with Gasteiger partial charge in [-0.15, -0.1) is 0 Å². The van der Waals surface area contributed by atoms with Crippen LogP contribution in [-0.2, 0) is 11.2 Å². The first-order valence-electron chi connectivity index (χ1n) is 8.54. The highest BCUT2D eigenvalue weighted by Gasteiger charge is 2.29. The highest BCUT2D eigenvalue weighted by Crippen LogP contribution is 2.25. The third-order valence-corrected chi connectivity index (χ3v) is 3.64. The summed E-state index contributed by atoms with van der Waals surface area (Å²) in [5, 5.41) is 2.84. The van der Waals surface area contributed by atoms with Gasteiger partial charge in [0.25, 0.3) is 0 Å². The predicted molar refractivity (Wildman–Crippen MR) is 95.1 cm³/mol. The average Bonchev–Trinajstić information content (AvgIpc) is 2.32. The van der Waals surface area contributed by atoms with Gasteiger partial charge < -0.3 is 15.0 Å². The lowest BCUT2D eigenvalue weighted by Gasteiger charge is -2.40. The Balaban J connectivity index is 1.78. The first kappa shape index (κ1) is 18.5. The summed E-state index contributed by atoms with van der Waals surface area (Å²) < 4.78 is 5.25. The van der Waals surface area contributed by atoms with Crippen LogP contribution in [0.5, 0.6) is 0 Å². The number of carbonyl (C=O) groups is 1. The minimum Gasteiger partial charge on any atom is -0.444 e. The molecule has 1 aliphatic heterocycles. The van der Waals surface area contributed by atoms with Crippen LogP contribution in [0.2, 0.25) is 0 Å². The van der Waals surface area contributed by atoms with E-state index in [1.54, 1.807) is 6.33 Å². The lowest BCUT2D eigenvalue weighted by atomic mass is 9.90. The highest BCUT2D eigenvalue weighted by atomic mass is 16.6. The van der Waals surface area contributed by atoms with Gasteiger partial charge in [0, 0.05) is 37.3 Å². The number of hydrogen-bond acceptors (Lipinski definition) is 5. The van der Waals surface area contributed by atoms with Crippen molar-refractivity contribution in [3.63, 3.8) is 0 Å². The van der Waals surface area contributed by atoms with Gasteiger partial charge in [0.15, 0.2) is 0 Å². The first-order valence-corrected chi connectivity index (χ1v) is 8.54. The van der Waals surface area contributed by atoms with Gasteiger partial charge in [-0.3, -0.25) is 0 Å². The van der Waals surface area contributed by atoms with Gasteiger partial charge in [-0.05, 0) is 32.6 Å². The number of nitrogens with one attached hydrogen (secondary N) is 1. The number of hydrogen-bond donors (Lipinski definition) is 1. The summed E-state index contributed by atoms with van der Waals surface area (Å²) in [4.78, 5) is 22.6. The fraction of sp³-hybridized carbons (Fsp3) is 0.722. The number of aromatic nitrogens is 2. The van der Waals surface area contributed by atoms with Crippen molar-refractivity contribution >= 4 is 11.9 Å². The third-order valence-electron chi connectivity index (χ3n) is 3.64. The zero-order chi connectivity index (χ0) is 18.0. The average molecular weight is 334 g/mol. The van der Waals surface area contributed by atoms with E-state index in [-0.39, 0.29) is 11.5 Å². The Labute approximate surface area is 145 Å². The van der Waals surface area contributed by atoms with Crippen LogP contribution in [0.3, 0.4) is 0 Å². The van der Waals surface area contributed by atoms with Crippen molar-refractivity contribution in [3.8, 4) is 0 Å². The Hall–Kier alpha value is -1.85. The largest absolute Gasteiger partial charge is 0.444 e. The second kappa shape index (κ2) is 6.95. The van der Waals surface area contributed by atoms with Crippen LogP contribution < -0.4 is 10.2 Å². The van der Waals surface area contributed by atoms with Crippen LogP contribution in [0.15, 0.2) is 12.4 Å². The molecule has 1 saturated heterocycles. The van der Waals surface area contributed by atoms with Gasteiger partial charge in [-0.1, -0.05) is 20.8 Å². The summed E-state index contributed by atoms with van der Waals surface area (Å²) in [6.45, 7) is 14.6. The summed E-state index contributed by atoms with van der Waals surface area (Å²) in [6.07, 6.45) is 2.22. The molecule has 0 spiro atoms. The SMILES string of the molecule is CC(C)(C)Cc1cc(N2CC(CNC(=O)OC(C)(C)C)C2)ncn1. The van der Waals surface area contributed by atoms with Crippen molar-refractivity contribution in [2.24, 2.45) is 11.3 Å². The molecule has 1 aromatic heterocycles. The van der Waals surface area contributed by atoms with Crippen molar-refractivity contribution in [2.45, 2.75) is 53.6 Å². The Morgan fingerprint density at radius 1 is 1.25 bits per heavy atom. The molecule has 2 rings (SSSR count). The smallest absolute Gasteiger partial charge is 0.407 e. The molecule has 0 radical (unpaired) electrons. The van der Waals surface area contributed by atoms with E-state index in [0.717, 1.165) is 31.0 Å². The van der Waals surface area contributed by atoms with Crippen LogP contribution >= 0.6 is 0 Å². The molecule has 6 nitrogen and oxygen atoms in total. The van der Waals surface area contributed by atoms with Crippen LogP contribution in [0, 0.1) is 11.3 Å². The van der Waals surface area contributed by atoms with Crippen molar-refractivity contribution in [2.75, 3.05) is 24.5 Å². The van der Waals surface area contributed by atoms with Crippen LogP contribution in [0.4, 0.5) is 10.6 Å². The van der Waals surface area contributed by atoms with Crippen LogP contribution in [0.25, 0.3) is 0 Å². The number of carbonyl (C=O) groups excluding carboxylic acids is 1. The number of alkyl carbamates (subject to hydrolysis) is 1. The maximum atomic E-state index is 11.7. The molecule has 6 heteroatoms. The topological polar surface area (TPSA) is 67.4 Å². The minimum absolute atomic E-state index is 0.209. The Bertz CT molecular complexity index is 569. The van der Waals surface area contributed by atoms with Crippen molar-refractivity contribution < 1.29 is 9.53 Å². The lowest BCUT2D eigenvalue weighted by Crippen LogP contribution is -2.52. The Morgan fingerprint density at radius 2 is 1.92 bits per heavy atom. The Morgan fingerprint density at radius 3 is 2.50 bits per heavy atom. The molecule has 0 atom stereocenters. The van der Waals surface area contributed by atoms with E-state index in [4.69, 9.17) is 4.74 Å². The Kier molecular flexibility index (Phi) is 5.35. The monoisotopic (exact) mass is 334 g/mol. The molecule has 0 saturated carbocycles. The molecular weight excluding hydrogens is 304 g/mol. The molecule has 134 valence electrons. The van der Waals surface area contributed by atoms with E-state index >= 15 is 0 Å². The maximum Gasteiger partial charge on any atom is 0.407 e. The molecule has 2 heterocycles. The normalized spacial score (nSPS) is 15.8. The van der Waals surface area contributed by atoms with E-state index in [1.807, 2.05) is 20.8 Å². The minimum atomic E-state index is -0.458. The molecular formula is C18H30N4O2. The molecule has 1 amide bonds. The number of amides is 1. The van der Waals surface area contributed by atoms with E-state index in [0.29, 0.717) is 12.5 Å². The van der Waals surface area contributed by atoms with E-state index in [1.165, 1.54) is 0 Å². The second-order valence-corrected chi connectivity index (χ2v) is 8.76. The fourth-order valence-electron chi connectivity index (χ4n) is 2.63. The summed E-state index contributed by atoms with van der Waals surface area (Å²) in [6, 6.07) is 2.07. The molecule has 0 aliphatic carbocycles. The highest BCUT2D eigenvalue weighted by molar-refractivity contribution is 5.67. The van der Waals surface area contributed by atoms with Gasteiger partial charge in [-0.25, -0.2) is 14.8 Å². The standard InChI is InChI=1S/C18H30N4O2/c1-17(2,3)8-14-7-15(21-12-20-14)22-10-13(11-22)9-19-16(23)24-18(4,5)6/h7,12-13H,8-11H2,1-6H3,(H,19,23).